The van der Waals surface area contributed by atoms with Crippen LogP contribution >= 0.6 is 0 Å². The molecule has 0 N–H and O–H groups in total. The van der Waals surface area contributed by atoms with Gasteiger partial charge in [0.2, 0.25) is 0 Å². The Morgan fingerprint density at radius 2 is 1.36 bits per heavy atom. The van der Waals surface area contributed by atoms with Crippen LogP contribution in [0.15, 0.2) is 60.7 Å². The van der Waals surface area contributed by atoms with Gasteiger partial charge in [-0.05, 0) is 71.3 Å². The van der Waals surface area contributed by atoms with E-state index < -0.39 is 34.6 Å². The molecule has 0 atom stereocenters. The average Bonchev–Trinajstić information content (AvgIpc) is 2.78. The van der Waals surface area contributed by atoms with E-state index in [4.69, 9.17) is 4.74 Å². The maximum atomic E-state index is 14.6. The van der Waals surface area contributed by atoms with E-state index in [1.807, 2.05) is 6.92 Å². The number of benzene rings is 4. The molecular weight excluding hydrogens is 435 g/mol. The van der Waals surface area contributed by atoms with Crippen LogP contribution in [0.25, 0.3) is 21.9 Å². The minimum absolute atomic E-state index is 0.0262. The Hall–Kier alpha value is -3.85. The molecule has 6 heteroatoms. The van der Waals surface area contributed by atoms with Crippen LogP contribution in [-0.2, 0) is 0 Å². The van der Waals surface area contributed by atoms with Gasteiger partial charge in [-0.15, -0.1) is 0 Å². The third-order valence-corrected chi connectivity index (χ3v) is 4.98. The molecule has 33 heavy (non-hydrogen) atoms. The lowest BCUT2D eigenvalue weighted by atomic mass is 10.0. The summed E-state index contributed by atoms with van der Waals surface area (Å²) in [5, 5.41) is 0.869. The molecule has 4 aromatic rings. The van der Waals surface area contributed by atoms with E-state index in [0.29, 0.717) is 28.7 Å². The summed E-state index contributed by atoms with van der Waals surface area (Å²) in [6.07, 6.45) is 0.761. The molecule has 4 aromatic carbocycles. The summed E-state index contributed by atoms with van der Waals surface area (Å²) in [7, 11) is 0. The summed E-state index contributed by atoms with van der Waals surface area (Å²) < 4.78 is 75.9. The van der Waals surface area contributed by atoms with Crippen LogP contribution in [0.3, 0.4) is 0 Å². The Kier molecular flexibility index (Phi) is 6.32. The van der Waals surface area contributed by atoms with Gasteiger partial charge in [0.05, 0.1) is 12.2 Å². The van der Waals surface area contributed by atoms with Crippen molar-refractivity contribution in [3.8, 4) is 28.7 Å². The molecule has 0 saturated heterocycles. The van der Waals surface area contributed by atoms with Gasteiger partial charge in [-0.25, -0.2) is 22.0 Å². The highest BCUT2D eigenvalue weighted by molar-refractivity contribution is 5.84. The molecule has 166 valence electrons. The van der Waals surface area contributed by atoms with E-state index in [1.165, 1.54) is 36.4 Å². The van der Waals surface area contributed by atoms with Crippen molar-refractivity contribution in [1.82, 2.24) is 0 Å². The van der Waals surface area contributed by atoms with Gasteiger partial charge in [-0.2, -0.15) is 0 Å². The highest BCUT2D eigenvalue weighted by Crippen LogP contribution is 2.29. The Balaban J connectivity index is 1.65. The number of rotatable bonds is 4. The molecule has 0 aliphatic rings. The zero-order chi connectivity index (χ0) is 23.5. The fourth-order valence-electron chi connectivity index (χ4n) is 3.34. The van der Waals surface area contributed by atoms with Crippen molar-refractivity contribution in [2.75, 3.05) is 6.61 Å². The van der Waals surface area contributed by atoms with Gasteiger partial charge in [0.15, 0.2) is 11.6 Å². The first-order valence-electron chi connectivity index (χ1n) is 10.2. The first-order valence-corrected chi connectivity index (χ1v) is 10.2. The largest absolute Gasteiger partial charge is 0.494 e. The van der Waals surface area contributed by atoms with Crippen LogP contribution in [0, 0.1) is 40.9 Å². The summed E-state index contributed by atoms with van der Waals surface area (Å²) in [5.41, 5.74) is -0.0595. The smallest absolute Gasteiger partial charge is 0.159 e. The summed E-state index contributed by atoms with van der Waals surface area (Å²) in [6, 6.07) is 12.8. The Labute approximate surface area is 187 Å². The zero-order valence-corrected chi connectivity index (χ0v) is 17.5. The van der Waals surface area contributed by atoms with Gasteiger partial charge in [0.1, 0.15) is 23.2 Å². The van der Waals surface area contributed by atoms with E-state index in [-0.39, 0.29) is 11.1 Å². The minimum Gasteiger partial charge on any atom is -0.494 e. The van der Waals surface area contributed by atoms with Crippen LogP contribution in [0.4, 0.5) is 22.0 Å². The minimum atomic E-state index is -1.00. The van der Waals surface area contributed by atoms with Crippen molar-refractivity contribution in [3.63, 3.8) is 0 Å². The third-order valence-electron chi connectivity index (χ3n) is 4.98. The molecular formula is C27H17F5O. The van der Waals surface area contributed by atoms with Crippen LogP contribution in [0.1, 0.15) is 24.5 Å². The molecule has 0 radical (unpaired) electrons. The molecule has 0 spiro atoms. The van der Waals surface area contributed by atoms with Crippen LogP contribution in [0.5, 0.6) is 5.75 Å². The van der Waals surface area contributed by atoms with Crippen molar-refractivity contribution in [2.45, 2.75) is 13.3 Å². The predicted octanol–water partition coefficient (Wildman–Crippen LogP) is 7.39. The van der Waals surface area contributed by atoms with E-state index in [2.05, 4.69) is 11.8 Å². The number of hydrogen-bond donors (Lipinski definition) is 0. The van der Waals surface area contributed by atoms with E-state index in [0.717, 1.165) is 30.7 Å². The predicted molar refractivity (Wildman–Crippen MR) is 117 cm³/mol. The maximum absolute atomic E-state index is 14.6. The average molecular weight is 452 g/mol. The van der Waals surface area contributed by atoms with E-state index in [1.54, 1.807) is 0 Å². The summed E-state index contributed by atoms with van der Waals surface area (Å²) in [5.74, 6) is 0.865. The third kappa shape index (κ3) is 4.83. The number of halogens is 5. The molecule has 1 nitrogen and oxygen atoms in total. The van der Waals surface area contributed by atoms with Gasteiger partial charge in [0, 0.05) is 17.2 Å². The van der Waals surface area contributed by atoms with Gasteiger partial charge in [0.25, 0.3) is 0 Å². The van der Waals surface area contributed by atoms with Crippen molar-refractivity contribution >= 4 is 10.8 Å². The lowest BCUT2D eigenvalue weighted by molar-refractivity contribution is 0.316. The standard InChI is InChI=1S/C27H17F5O/c1-2-9-33-20-6-8-21(25(30)15-20)19-13-23(28)22(24(29)14-19)7-4-16-3-5-17-11-26(31)27(32)12-18(17)10-16/h3,5-6,8,10-15H,2,9H2,1H3. The maximum Gasteiger partial charge on any atom is 0.159 e. The summed E-state index contributed by atoms with van der Waals surface area (Å²) >= 11 is 0. The molecule has 0 amide bonds. The molecule has 0 saturated carbocycles. The van der Waals surface area contributed by atoms with Gasteiger partial charge >= 0.3 is 0 Å². The van der Waals surface area contributed by atoms with Gasteiger partial charge in [-0.3, -0.25) is 0 Å². The highest BCUT2D eigenvalue weighted by atomic mass is 19.2. The zero-order valence-electron chi connectivity index (χ0n) is 17.5. The fraction of sp³-hybridized carbons (Fsp3) is 0.111. The molecule has 0 heterocycles. The summed E-state index contributed by atoms with van der Waals surface area (Å²) in [6.45, 7) is 2.35. The molecule has 0 fully saturated rings. The molecule has 0 aromatic heterocycles. The van der Waals surface area contributed by atoms with E-state index in [9.17, 15) is 22.0 Å². The molecule has 4 rings (SSSR count). The Morgan fingerprint density at radius 3 is 2.03 bits per heavy atom. The molecule has 0 aliphatic carbocycles. The second-order valence-electron chi connectivity index (χ2n) is 7.38. The topological polar surface area (TPSA) is 9.23 Å². The lowest BCUT2D eigenvalue weighted by Crippen LogP contribution is -1.97. The van der Waals surface area contributed by atoms with Crippen molar-refractivity contribution in [1.29, 1.82) is 0 Å². The monoisotopic (exact) mass is 452 g/mol. The quantitative estimate of drug-likeness (QED) is 0.232. The molecule has 0 aliphatic heterocycles. The first-order chi connectivity index (χ1) is 15.9. The second-order valence-corrected chi connectivity index (χ2v) is 7.38. The normalized spacial score (nSPS) is 10.7. The SMILES string of the molecule is CCCOc1ccc(-c2cc(F)c(C#Cc3ccc4cc(F)c(F)cc4c3)c(F)c2)c(F)c1. The Morgan fingerprint density at radius 1 is 0.667 bits per heavy atom. The highest BCUT2D eigenvalue weighted by Gasteiger charge is 2.14. The number of fused-ring (bicyclic) bond motifs is 1. The van der Waals surface area contributed by atoms with Crippen molar-refractivity contribution < 1.29 is 26.7 Å². The number of hydrogen-bond acceptors (Lipinski definition) is 1. The second kappa shape index (κ2) is 9.33. The van der Waals surface area contributed by atoms with E-state index >= 15 is 0 Å². The van der Waals surface area contributed by atoms with Gasteiger partial charge in [-0.1, -0.05) is 24.8 Å². The molecule has 0 unspecified atom stereocenters. The summed E-state index contributed by atoms with van der Waals surface area (Å²) in [4.78, 5) is 0. The van der Waals surface area contributed by atoms with Crippen molar-refractivity contribution in [3.05, 3.63) is 101 Å². The molecule has 0 bridgehead atoms. The number of ether oxygens (including phenoxy) is 1. The van der Waals surface area contributed by atoms with Gasteiger partial charge < -0.3 is 4.74 Å². The first kappa shape index (κ1) is 22.3. The fourth-order valence-corrected chi connectivity index (χ4v) is 3.34. The van der Waals surface area contributed by atoms with Crippen molar-refractivity contribution in [2.24, 2.45) is 0 Å². The van der Waals surface area contributed by atoms with Crippen LogP contribution in [-0.4, -0.2) is 6.61 Å². The Bertz CT molecular complexity index is 1390. The van der Waals surface area contributed by atoms with Crippen LogP contribution < -0.4 is 4.74 Å². The lowest BCUT2D eigenvalue weighted by Gasteiger charge is -2.09. The van der Waals surface area contributed by atoms with Crippen LogP contribution in [0.2, 0.25) is 0 Å².